The number of amides is 1. The molecule has 0 spiro atoms. The summed E-state index contributed by atoms with van der Waals surface area (Å²) in [6.07, 6.45) is 0. The maximum absolute atomic E-state index is 12.6. The lowest BCUT2D eigenvalue weighted by Gasteiger charge is -2.15. The van der Waals surface area contributed by atoms with Gasteiger partial charge in [-0.3, -0.25) is 4.79 Å². The smallest absolute Gasteiger partial charge is 0.251 e. The van der Waals surface area contributed by atoms with Crippen molar-refractivity contribution in [1.82, 2.24) is 9.62 Å². The molecule has 0 saturated carbocycles. The summed E-state index contributed by atoms with van der Waals surface area (Å²) in [6, 6.07) is 19.9. The Bertz CT molecular complexity index is 1220. The largest absolute Gasteiger partial charge is 0.495 e. The highest BCUT2D eigenvalue weighted by atomic mass is 32.2. The van der Waals surface area contributed by atoms with Crippen LogP contribution in [0.5, 0.6) is 11.5 Å². The summed E-state index contributed by atoms with van der Waals surface area (Å²) >= 11 is 0. The van der Waals surface area contributed by atoms with Gasteiger partial charge in [0.2, 0.25) is 10.0 Å². The molecule has 0 saturated heterocycles. The van der Waals surface area contributed by atoms with Crippen molar-refractivity contribution in [3.8, 4) is 11.5 Å². The zero-order chi connectivity index (χ0) is 24.0. The van der Waals surface area contributed by atoms with E-state index in [0.29, 0.717) is 13.2 Å². The lowest BCUT2D eigenvalue weighted by atomic mass is 10.1. The predicted octanol–water partition coefficient (Wildman–Crippen LogP) is 3.76. The van der Waals surface area contributed by atoms with Crippen LogP contribution in [0, 0.1) is 6.92 Å². The van der Waals surface area contributed by atoms with E-state index in [1.54, 1.807) is 0 Å². The zero-order valence-corrected chi connectivity index (χ0v) is 20.0. The van der Waals surface area contributed by atoms with Crippen LogP contribution in [-0.2, 0) is 23.2 Å². The van der Waals surface area contributed by atoms with Crippen LogP contribution in [-0.4, -0.2) is 39.8 Å². The Morgan fingerprint density at radius 2 is 1.70 bits per heavy atom. The van der Waals surface area contributed by atoms with Gasteiger partial charge in [-0.05, 0) is 48.4 Å². The van der Waals surface area contributed by atoms with Gasteiger partial charge >= 0.3 is 0 Å². The highest BCUT2D eigenvalue weighted by Gasteiger charge is 2.23. The van der Waals surface area contributed by atoms with E-state index in [4.69, 9.17) is 9.47 Å². The van der Waals surface area contributed by atoms with Crippen LogP contribution in [0.2, 0.25) is 0 Å². The summed E-state index contributed by atoms with van der Waals surface area (Å²) < 4.78 is 37.2. The maximum Gasteiger partial charge on any atom is 0.251 e. The van der Waals surface area contributed by atoms with Gasteiger partial charge in [-0.15, -0.1) is 0 Å². The minimum atomic E-state index is -3.76. The van der Waals surface area contributed by atoms with Crippen LogP contribution in [0.4, 0.5) is 0 Å². The third kappa shape index (κ3) is 6.12. The first-order valence-electron chi connectivity index (χ1n) is 10.4. The van der Waals surface area contributed by atoms with Crippen molar-refractivity contribution in [3.63, 3.8) is 0 Å². The van der Waals surface area contributed by atoms with Crippen molar-refractivity contribution in [3.05, 3.63) is 89.0 Å². The molecule has 8 heteroatoms. The number of nitrogens with zero attached hydrogens (tertiary/aromatic N) is 1. The second-order valence-electron chi connectivity index (χ2n) is 7.76. The van der Waals surface area contributed by atoms with Crippen LogP contribution >= 0.6 is 0 Å². The van der Waals surface area contributed by atoms with Gasteiger partial charge in [0.25, 0.3) is 5.91 Å². The van der Waals surface area contributed by atoms with Crippen LogP contribution in [0.15, 0.2) is 71.6 Å². The molecule has 0 fully saturated rings. The fourth-order valence-electron chi connectivity index (χ4n) is 3.17. The molecule has 3 rings (SSSR count). The Morgan fingerprint density at radius 3 is 2.33 bits per heavy atom. The van der Waals surface area contributed by atoms with Crippen LogP contribution < -0.4 is 14.8 Å². The van der Waals surface area contributed by atoms with E-state index >= 15 is 0 Å². The van der Waals surface area contributed by atoms with Gasteiger partial charge in [-0.2, -0.15) is 0 Å². The Morgan fingerprint density at radius 1 is 0.970 bits per heavy atom. The SMILES string of the molecule is COc1ccc(C(=O)NCc2ccc(OCc3cccc(C)c3)cc2)cc1S(=O)(=O)N(C)C. The number of carbonyl (C=O) groups excluding carboxylic acids is 1. The average Bonchev–Trinajstić information content (AvgIpc) is 2.81. The summed E-state index contributed by atoms with van der Waals surface area (Å²) in [4.78, 5) is 12.6. The van der Waals surface area contributed by atoms with Crippen molar-refractivity contribution in [2.75, 3.05) is 21.2 Å². The van der Waals surface area contributed by atoms with Gasteiger partial charge in [0.15, 0.2) is 0 Å². The second-order valence-corrected chi connectivity index (χ2v) is 9.88. The van der Waals surface area contributed by atoms with E-state index in [2.05, 4.69) is 11.4 Å². The summed E-state index contributed by atoms with van der Waals surface area (Å²) in [7, 11) is 0.478. The third-order valence-corrected chi connectivity index (χ3v) is 6.89. The highest BCUT2D eigenvalue weighted by Crippen LogP contribution is 2.27. The number of ether oxygens (including phenoxy) is 2. The molecule has 0 unspecified atom stereocenters. The van der Waals surface area contributed by atoms with Crippen molar-refractivity contribution < 1.29 is 22.7 Å². The number of hydrogen-bond donors (Lipinski definition) is 1. The normalized spacial score (nSPS) is 11.3. The molecule has 3 aromatic carbocycles. The number of methoxy groups -OCH3 is 1. The van der Waals surface area contributed by atoms with Gasteiger partial charge < -0.3 is 14.8 Å². The van der Waals surface area contributed by atoms with Crippen LogP contribution in [0.3, 0.4) is 0 Å². The third-order valence-electron chi connectivity index (χ3n) is 5.05. The Hall–Kier alpha value is -3.36. The van der Waals surface area contributed by atoms with Gasteiger partial charge in [0.05, 0.1) is 7.11 Å². The number of rotatable bonds is 9. The monoisotopic (exact) mass is 468 g/mol. The summed E-state index contributed by atoms with van der Waals surface area (Å²) in [5, 5.41) is 2.82. The summed E-state index contributed by atoms with van der Waals surface area (Å²) in [5.74, 6) is 0.536. The fraction of sp³-hybridized carbons (Fsp3) is 0.240. The van der Waals surface area contributed by atoms with E-state index in [1.807, 2.05) is 49.4 Å². The molecule has 0 aliphatic heterocycles. The number of hydrogen-bond acceptors (Lipinski definition) is 5. The Labute approximate surface area is 195 Å². The number of nitrogens with one attached hydrogen (secondary N) is 1. The summed E-state index contributed by atoms with van der Waals surface area (Å²) in [5.41, 5.74) is 3.40. The molecule has 3 aromatic rings. The zero-order valence-electron chi connectivity index (χ0n) is 19.2. The van der Waals surface area contributed by atoms with Gasteiger partial charge in [-0.25, -0.2) is 12.7 Å². The standard InChI is InChI=1S/C25H28N2O5S/c1-18-6-5-7-20(14-18)17-32-22-11-8-19(9-12-22)16-26-25(28)21-10-13-23(31-4)24(15-21)33(29,30)27(2)3/h5-15H,16-17H2,1-4H3,(H,26,28). The molecule has 0 radical (unpaired) electrons. The van der Waals surface area contributed by atoms with E-state index in [-0.39, 0.29) is 22.1 Å². The number of benzene rings is 3. The lowest BCUT2D eigenvalue weighted by Crippen LogP contribution is -2.25. The minimum absolute atomic E-state index is 0.0576. The minimum Gasteiger partial charge on any atom is -0.495 e. The predicted molar refractivity (Wildman–Crippen MR) is 127 cm³/mol. The van der Waals surface area contributed by atoms with E-state index in [0.717, 1.165) is 21.2 Å². The Kier molecular flexibility index (Phi) is 7.73. The molecule has 33 heavy (non-hydrogen) atoms. The first kappa shape index (κ1) is 24.3. The van der Waals surface area contributed by atoms with Crippen molar-refractivity contribution >= 4 is 15.9 Å². The van der Waals surface area contributed by atoms with Gasteiger partial charge in [-0.1, -0.05) is 42.0 Å². The second kappa shape index (κ2) is 10.5. The van der Waals surface area contributed by atoms with Crippen LogP contribution in [0.25, 0.3) is 0 Å². The van der Waals surface area contributed by atoms with E-state index in [9.17, 15) is 13.2 Å². The first-order valence-corrected chi connectivity index (χ1v) is 11.8. The molecule has 1 amide bonds. The van der Waals surface area contributed by atoms with E-state index in [1.165, 1.54) is 45.0 Å². The Balaban J connectivity index is 1.62. The molecule has 174 valence electrons. The number of carbonyl (C=O) groups is 1. The lowest BCUT2D eigenvalue weighted by molar-refractivity contribution is 0.0950. The van der Waals surface area contributed by atoms with Crippen molar-refractivity contribution in [2.24, 2.45) is 0 Å². The first-order chi connectivity index (χ1) is 15.7. The molecule has 0 aromatic heterocycles. The maximum atomic E-state index is 12.6. The molecule has 0 bridgehead atoms. The van der Waals surface area contributed by atoms with Gasteiger partial charge in [0, 0.05) is 26.2 Å². The molecule has 0 heterocycles. The molecule has 7 nitrogen and oxygen atoms in total. The topological polar surface area (TPSA) is 84.9 Å². The number of aryl methyl sites for hydroxylation is 1. The van der Waals surface area contributed by atoms with E-state index < -0.39 is 10.0 Å². The van der Waals surface area contributed by atoms with Crippen molar-refractivity contribution in [1.29, 1.82) is 0 Å². The average molecular weight is 469 g/mol. The summed E-state index contributed by atoms with van der Waals surface area (Å²) in [6.45, 7) is 2.81. The highest BCUT2D eigenvalue weighted by molar-refractivity contribution is 7.89. The molecule has 0 aliphatic carbocycles. The molecule has 0 atom stereocenters. The molecular formula is C25H28N2O5S. The molecule has 0 aliphatic rings. The van der Waals surface area contributed by atoms with Crippen LogP contribution in [0.1, 0.15) is 27.0 Å². The quantitative estimate of drug-likeness (QED) is 0.517. The molecular weight excluding hydrogens is 440 g/mol. The molecule has 1 N–H and O–H groups in total. The fourth-order valence-corrected chi connectivity index (χ4v) is 4.25. The number of sulfonamides is 1. The van der Waals surface area contributed by atoms with Gasteiger partial charge in [0.1, 0.15) is 23.0 Å². The van der Waals surface area contributed by atoms with Crippen molar-refractivity contribution in [2.45, 2.75) is 25.0 Å².